The monoisotopic (exact) mass is 383 g/mol. The lowest BCUT2D eigenvalue weighted by atomic mass is 9.98. The van der Waals surface area contributed by atoms with E-state index in [1.807, 2.05) is 26.8 Å². The van der Waals surface area contributed by atoms with Crippen molar-refractivity contribution in [3.8, 4) is 11.5 Å². The van der Waals surface area contributed by atoms with Gasteiger partial charge in [-0.2, -0.15) is 0 Å². The molecule has 0 aliphatic carbocycles. The van der Waals surface area contributed by atoms with Gasteiger partial charge in [-0.05, 0) is 57.7 Å². The fourth-order valence-corrected chi connectivity index (χ4v) is 4.59. The van der Waals surface area contributed by atoms with Gasteiger partial charge >= 0.3 is 0 Å². The van der Waals surface area contributed by atoms with Crippen molar-refractivity contribution in [3.63, 3.8) is 0 Å². The van der Waals surface area contributed by atoms with Crippen LogP contribution in [0.1, 0.15) is 49.3 Å². The number of fused-ring (bicyclic) bond motifs is 3. The normalized spacial score (nSPS) is 21.5. The molecule has 6 heteroatoms. The molecule has 6 nitrogen and oxygen atoms in total. The number of nitrogens with one attached hydrogen (secondary N) is 1. The number of hydrogen-bond donors (Lipinski definition) is 1. The number of benzene rings is 1. The van der Waals surface area contributed by atoms with Crippen molar-refractivity contribution in [1.29, 1.82) is 0 Å². The minimum atomic E-state index is 0.0343. The molecule has 1 fully saturated rings. The van der Waals surface area contributed by atoms with E-state index < -0.39 is 0 Å². The molecule has 0 radical (unpaired) electrons. The van der Waals surface area contributed by atoms with Gasteiger partial charge in [0.15, 0.2) is 11.5 Å². The first kappa shape index (κ1) is 19.0. The Morgan fingerprint density at radius 3 is 2.68 bits per heavy atom. The van der Waals surface area contributed by atoms with Gasteiger partial charge < -0.3 is 14.5 Å². The molecule has 1 saturated heterocycles. The summed E-state index contributed by atoms with van der Waals surface area (Å²) in [7, 11) is 1.67. The second-order valence-corrected chi connectivity index (χ2v) is 8.19. The van der Waals surface area contributed by atoms with Crippen LogP contribution in [0.25, 0.3) is 0 Å². The first-order valence-corrected chi connectivity index (χ1v) is 10.1. The average molecular weight is 383 g/mol. The highest BCUT2D eigenvalue weighted by molar-refractivity contribution is 5.43. The third kappa shape index (κ3) is 3.65. The molecular weight excluding hydrogens is 354 g/mol. The van der Waals surface area contributed by atoms with E-state index in [0.717, 1.165) is 55.0 Å². The van der Waals surface area contributed by atoms with Gasteiger partial charge in [-0.15, -0.1) is 0 Å². The van der Waals surface area contributed by atoms with Crippen LogP contribution < -0.4 is 15.0 Å². The molecule has 150 valence electrons. The first-order valence-electron chi connectivity index (χ1n) is 10.1. The van der Waals surface area contributed by atoms with E-state index in [-0.39, 0.29) is 11.7 Å². The largest absolute Gasteiger partial charge is 0.493 e. The van der Waals surface area contributed by atoms with Gasteiger partial charge in [0.25, 0.3) is 5.56 Å². The molecule has 2 bridgehead atoms. The zero-order valence-electron chi connectivity index (χ0n) is 17.1. The fraction of sp³-hybridized carbons (Fsp3) is 0.545. The number of ether oxygens (including phenoxy) is 2. The Morgan fingerprint density at radius 2 is 1.96 bits per heavy atom. The van der Waals surface area contributed by atoms with Crippen molar-refractivity contribution < 1.29 is 9.47 Å². The molecule has 28 heavy (non-hydrogen) atoms. The second-order valence-electron chi connectivity index (χ2n) is 8.19. The minimum absolute atomic E-state index is 0.0343. The Balaban J connectivity index is 1.60. The number of aromatic nitrogens is 2. The predicted octanol–water partition coefficient (Wildman–Crippen LogP) is 3.01. The second kappa shape index (κ2) is 7.59. The average Bonchev–Trinajstić information content (AvgIpc) is 2.90. The van der Waals surface area contributed by atoms with Gasteiger partial charge in [0.2, 0.25) is 0 Å². The summed E-state index contributed by atoms with van der Waals surface area (Å²) in [5, 5.41) is 0. The van der Waals surface area contributed by atoms with E-state index in [9.17, 15) is 4.79 Å². The summed E-state index contributed by atoms with van der Waals surface area (Å²) >= 11 is 0. The lowest BCUT2D eigenvalue weighted by molar-refractivity contribution is 0.186. The van der Waals surface area contributed by atoms with Gasteiger partial charge in [-0.3, -0.25) is 9.69 Å². The van der Waals surface area contributed by atoms with Crippen molar-refractivity contribution in [2.24, 2.45) is 0 Å². The number of nitrogens with zero attached hydrogens (tertiary/aromatic N) is 2. The lowest BCUT2D eigenvalue weighted by Crippen LogP contribution is -2.36. The van der Waals surface area contributed by atoms with Gasteiger partial charge in [0.05, 0.1) is 18.9 Å². The van der Waals surface area contributed by atoms with Crippen LogP contribution in [0.15, 0.2) is 23.0 Å². The van der Waals surface area contributed by atoms with E-state index in [1.54, 1.807) is 7.11 Å². The van der Waals surface area contributed by atoms with Crippen LogP contribution in [-0.4, -0.2) is 40.2 Å². The summed E-state index contributed by atoms with van der Waals surface area (Å²) in [6.45, 7) is 6.74. The number of aryl methyl sites for hydroxylation is 1. The summed E-state index contributed by atoms with van der Waals surface area (Å²) in [6, 6.07) is 6.99. The summed E-state index contributed by atoms with van der Waals surface area (Å²) in [5.41, 5.74) is 3.10. The van der Waals surface area contributed by atoms with Crippen LogP contribution >= 0.6 is 0 Å². The highest BCUT2D eigenvalue weighted by Gasteiger charge is 2.38. The number of aromatic amines is 1. The number of rotatable bonds is 5. The maximum absolute atomic E-state index is 12.5. The van der Waals surface area contributed by atoms with Gasteiger partial charge in [-0.25, -0.2) is 4.98 Å². The van der Waals surface area contributed by atoms with Crippen molar-refractivity contribution in [2.75, 3.05) is 7.11 Å². The Kier molecular flexibility index (Phi) is 5.15. The van der Waals surface area contributed by atoms with Crippen LogP contribution in [-0.2, 0) is 19.4 Å². The molecule has 2 aliphatic heterocycles. The maximum atomic E-state index is 12.5. The molecular formula is C22H29N3O3. The number of H-pyrrole nitrogens is 1. The smallest absolute Gasteiger partial charge is 0.254 e. The molecule has 0 unspecified atom stereocenters. The number of hydrogen-bond acceptors (Lipinski definition) is 5. The fourth-order valence-electron chi connectivity index (χ4n) is 4.59. The summed E-state index contributed by atoms with van der Waals surface area (Å²) < 4.78 is 11.4. The standard InChI is InChI=1S/C22H29N3O3/c1-13(2)28-21-9-15(5-8-20(21)27-4)12-25-16-6-7-17(25)11-19-18(10-16)22(26)24-14(3)23-19/h5,8-9,13,16-17H,6-7,10-12H2,1-4H3,(H,23,24,26)/t16-,17-/m1/s1. The third-order valence-corrected chi connectivity index (χ3v) is 5.82. The molecule has 2 aliphatic rings. The van der Waals surface area contributed by atoms with Crippen LogP contribution in [0, 0.1) is 6.92 Å². The van der Waals surface area contributed by atoms with Crippen LogP contribution in [0.5, 0.6) is 11.5 Å². The predicted molar refractivity (Wildman–Crippen MR) is 108 cm³/mol. The van der Waals surface area contributed by atoms with E-state index in [4.69, 9.17) is 9.47 Å². The highest BCUT2D eigenvalue weighted by Crippen LogP contribution is 2.35. The quantitative estimate of drug-likeness (QED) is 0.860. The van der Waals surface area contributed by atoms with E-state index in [2.05, 4.69) is 27.0 Å². The third-order valence-electron chi connectivity index (χ3n) is 5.82. The van der Waals surface area contributed by atoms with Crippen molar-refractivity contribution in [2.45, 2.75) is 71.2 Å². The van der Waals surface area contributed by atoms with Gasteiger partial charge in [0, 0.05) is 30.6 Å². The van der Waals surface area contributed by atoms with Crippen LogP contribution in [0.4, 0.5) is 0 Å². The molecule has 2 atom stereocenters. The molecule has 1 aromatic carbocycles. The first-order chi connectivity index (χ1) is 13.4. The van der Waals surface area contributed by atoms with E-state index >= 15 is 0 Å². The molecule has 1 N–H and O–H groups in total. The Labute approximate surface area is 165 Å². The lowest BCUT2D eigenvalue weighted by Gasteiger charge is -2.28. The molecule has 0 amide bonds. The minimum Gasteiger partial charge on any atom is -0.493 e. The van der Waals surface area contributed by atoms with E-state index in [0.29, 0.717) is 17.9 Å². The summed E-state index contributed by atoms with van der Waals surface area (Å²) in [4.78, 5) is 22.5. The Hall–Kier alpha value is -2.34. The summed E-state index contributed by atoms with van der Waals surface area (Å²) in [5.74, 6) is 2.25. The number of methoxy groups -OCH3 is 1. The maximum Gasteiger partial charge on any atom is 0.254 e. The molecule has 1 aromatic heterocycles. The van der Waals surface area contributed by atoms with Crippen LogP contribution in [0.3, 0.4) is 0 Å². The van der Waals surface area contributed by atoms with Crippen molar-refractivity contribution >= 4 is 0 Å². The van der Waals surface area contributed by atoms with Crippen molar-refractivity contribution in [3.05, 3.63) is 51.2 Å². The molecule has 0 saturated carbocycles. The Bertz CT molecular complexity index is 922. The summed E-state index contributed by atoms with van der Waals surface area (Å²) in [6.07, 6.45) is 4.00. The topological polar surface area (TPSA) is 67.5 Å². The van der Waals surface area contributed by atoms with Gasteiger partial charge in [0.1, 0.15) is 5.82 Å². The zero-order valence-corrected chi connectivity index (χ0v) is 17.1. The van der Waals surface area contributed by atoms with Crippen LogP contribution in [0.2, 0.25) is 0 Å². The van der Waals surface area contributed by atoms with Crippen molar-refractivity contribution in [1.82, 2.24) is 14.9 Å². The molecule has 2 aromatic rings. The van der Waals surface area contributed by atoms with E-state index in [1.165, 1.54) is 5.56 Å². The SMILES string of the molecule is COc1ccc(CN2[C@@H]3CC[C@@H]2Cc2c(nc(C)[nH]c2=O)C3)cc1OC(C)C. The zero-order chi connectivity index (χ0) is 19.8. The molecule has 4 rings (SSSR count). The molecule has 0 spiro atoms. The highest BCUT2D eigenvalue weighted by atomic mass is 16.5. The van der Waals surface area contributed by atoms with Gasteiger partial charge in [-0.1, -0.05) is 6.07 Å². The Morgan fingerprint density at radius 1 is 1.21 bits per heavy atom. The molecule has 3 heterocycles.